The average molecular weight is 315 g/mol. The van der Waals surface area contributed by atoms with E-state index in [1.54, 1.807) is 0 Å². The summed E-state index contributed by atoms with van der Waals surface area (Å²) in [6.45, 7) is 0.311. The molecular weight excluding hydrogens is 302 g/mol. The Bertz CT molecular complexity index is 561. The highest BCUT2D eigenvalue weighted by Gasteiger charge is 2.17. The smallest absolute Gasteiger partial charge is 0.137 e. The summed E-state index contributed by atoms with van der Waals surface area (Å²) in [6.07, 6.45) is -1.16. The summed E-state index contributed by atoms with van der Waals surface area (Å²) in [5.41, 5.74) is 1.24. The van der Waals surface area contributed by atoms with E-state index >= 15 is 0 Å². The molecule has 0 amide bonds. The van der Waals surface area contributed by atoms with Crippen LogP contribution in [-0.4, -0.2) is 9.94 Å². The Hall–Kier alpha value is -1.29. The fourth-order valence-corrected chi connectivity index (χ4v) is 2.02. The van der Waals surface area contributed by atoms with Gasteiger partial charge in [-0.25, -0.2) is 4.39 Å². The Labute approximate surface area is 126 Å². The predicted molar refractivity (Wildman–Crippen MR) is 77.6 cm³/mol. The normalized spacial score (nSPS) is 12.4. The third-order valence-corrected chi connectivity index (χ3v) is 3.20. The maximum Gasteiger partial charge on any atom is 0.137 e. The summed E-state index contributed by atoms with van der Waals surface area (Å²) in [5.74, 6) is -0.199. The lowest BCUT2D eigenvalue weighted by atomic mass is 10.1. The SMILES string of the molecule is OC(c1cc(F)cc(OCc2ccccc2)c1)C(Cl)Cl. The standard InChI is InChI=1S/C15H13Cl2FO2/c16-15(17)14(19)11-6-12(18)8-13(7-11)20-9-10-4-2-1-3-5-10/h1-8,14-15,19H,9H2. The first kappa shape index (κ1) is 15.1. The molecule has 0 saturated carbocycles. The van der Waals surface area contributed by atoms with Crippen LogP contribution in [0.15, 0.2) is 48.5 Å². The summed E-state index contributed by atoms with van der Waals surface area (Å²) < 4.78 is 19.0. The second kappa shape index (κ2) is 6.93. The van der Waals surface area contributed by atoms with Crippen molar-refractivity contribution in [2.45, 2.75) is 17.5 Å². The zero-order valence-electron chi connectivity index (χ0n) is 10.5. The third kappa shape index (κ3) is 4.10. The molecule has 1 N–H and O–H groups in total. The largest absolute Gasteiger partial charge is 0.489 e. The number of benzene rings is 2. The molecule has 0 saturated heterocycles. The number of alkyl halides is 2. The maximum absolute atomic E-state index is 13.5. The fraction of sp³-hybridized carbons (Fsp3) is 0.200. The van der Waals surface area contributed by atoms with E-state index in [0.717, 1.165) is 5.56 Å². The minimum Gasteiger partial charge on any atom is -0.489 e. The molecule has 2 rings (SSSR count). The van der Waals surface area contributed by atoms with Crippen LogP contribution in [-0.2, 0) is 6.61 Å². The molecule has 5 heteroatoms. The van der Waals surface area contributed by atoms with Gasteiger partial charge in [-0.1, -0.05) is 30.3 Å². The molecule has 0 aliphatic heterocycles. The van der Waals surface area contributed by atoms with E-state index < -0.39 is 16.8 Å². The van der Waals surface area contributed by atoms with Gasteiger partial charge in [0.05, 0.1) is 0 Å². The monoisotopic (exact) mass is 314 g/mol. The van der Waals surface area contributed by atoms with Gasteiger partial charge in [-0.15, -0.1) is 23.2 Å². The average Bonchev–Trinajstić information content (AvgIpc) is 2.44. The number of hydrogen-bond donors (Lipinski definition) is 1. The lowest BCUT2D eigenvalue weighted by Crippen LogP contribution is -2.07. The van der Waals surface area contributed by atoms with E-state index in [0.29, 0.717) is 12.4 Å². The third-order valence-electron chi connectivity index (χ3n) is 2.72. The highest BCUT2D eigenvalue weighted by molar-refractivity contribution is 6.44. The van der Waals surface area contributed by atoms with Gasteiger partial charge in [-0.2, -0.15) is 0 Å². The highest BCUT2D eigenvalue weighted by atomic mass is 35.5. The molecule has 0 bridgehead atoms. The van der Waals surface area contributed by atoms with Gasteiger partial charge in [0.25, 0.3) is 0 Å². The molecule has 0 heterocycles. The van der Waals surface area contributed by atoms with E-state index in [2.05, 4.69) is 0 Å². The van der Waals surface area contributed by atoms with E-state index in [4.69, 9.17) is 27.9 Å². The van der Waals surface area contributed by atoms with Crippen LogP contribution in [0, 0.1) is 5.82 Å². The van der Waals surface area contributed by atoms with Crippen molar-refractivity contribution in [1.82, 2.24) is 0 Å². The molecule has 0 aromatic heterocycles. The predicted octanol–water partition coefficient (Wildman–Crippen LogP) is 4.24. The van der Waals surface area contributed by atoms with Crippen LogP contribution >= 0.6 is 23.2 Å². The Balaban J connectivity index is 2.12. The Morgan fingerprint density at radius 1 is 1.10 bits per heavy atom. The first-order valence-electron chi connectivity index (χ1n) is 5.99. The Kier molecular flexibility index (Phi) is 5.24. The number of aliphatic hydroxyl groups is 1. The molecule has 2 aromatic carbocycles. The number of halogens is 3. The molecule has 1 atom stereocenters. The summed E-state index contributed by atoms with van der Waals surface area (Å²) >= 11 is 11.2. The van der Waals surface area contributed by atoms with E-state index in [-0.39, 0.29) is 5.56 Å². The number of hydrogen-bond acceptors (Lipinski definition) is 2. The van der Waals surface area contributed by atoms with Crippen molar-refractivity contribution in [2.75, 3.05) is 0 Å². The molecule has 0 spiro atoms. The van der Waals surface area contributed by atoms with E-state index in [1.807, 2.05) is 30.3 Å². The molecule has 1 unspecified atom stereocenters. The molecule has 0 aliphatic rings. The summed E-state index contributed by atoms with van der Waals surface area (Å²) in [4.78, 5) is -1.03. The van der Waals surface area contributed by atoms with Crippen molar-refractivity contribution < 1.29 is 14.2 Å². The van der Waals surface area contributed by atoms with Gasteiger partial charge in [-0.3, -0.25) is 0 Å². The van der Waals surface area contributed by atoms with Gasteiger partial charge in [0.15, 0.2) is 0 Å². The minimum absolute atomic E-state index is 0.281. The lowest BCUT2D eigenvalue weighted by Gasteiger charge is -2.14. The second-order valence-electron chi connectivity index (χ2n) is 4.27. The van der Waals surface area contributed by atoms with Crippen LogP contribution in [0.3, 0.4) is 0 Å². The van der Waals surface area contributed by atoms with Gasteiger partial charge in [0, 0.05) is 6.07 Å². The van der Waals surface area contributed by atoms with Crippen LogP contribution in [0.4, 0.5) is 4.39 Å². The number of ether oxygens (including phenoxy) is 1. The zero-order chi connectivity index (χ0) is 14.5. The first-order chi connectivity index (χ1) is 9.56. The maximum atomic E-state index is 13.5. The quantitative estimate of drug-likeness (QED) is 0.836. The van der Waals surface area contributed by atoms with Crippen LogP contribution < -0.4 is 4.74 Å². The van der Waals surface area contributed by atoms with Crippen LogP contribution in [0.1, 0.15) is 17.2 Å². The molecule has 2 nitrogen and oxygen atoms in total. The first-order valence-corrected chi connectivity index (χ1v) is 6.87. The van der Waals surface area contributed by atoms with Crippen molar-refractivity contribution in [3.63, 3.8) is 0 Å². The van der Waals surface area contributed by atoms with Crippen molar-refractivity contribution in [2.24, 2.45) is 0 Å². The molecule has 0 fully saturated rings. The van der Waals surface area contributed by atoms with Crippen LogP contribution in [0.2, 0.25) is 0 Å². The summed E-state index contributed by atoms with van der Waals surface area (Å²) in [6, 6.07) is 13.4. The topological polar surface area (TPSA) is 29.5 Å². The molecular formula is C15H13Cl2FO2. The Morgan fingerprint density at radius 2 is 1.80 bits per heavy atom. The summed E-state index contributed by atoms with van der Waals surface area (Å²) in [7, 11) is 0. The lowest BCUT2D eigenvalue weighted by molar-refractivity contribution is 0.191. The molecule has 0 aliphatic carbocycles. The highest BCUT2D eigenvalue weighted by Crippen LogP contribution is 2.28. The van der Waals surface area contributed by atoms with Crippen molar-refractivity contribution in [3.8, 4) is 5.75 Å². The number of rotatable bonds is 5. The van der Waals surface area contributed by atoms with E-state index in [9.17, 15) is 9.50 Å². The van der Waals surface area contributed by atoms with Crippen LogP contribution in [0.25, 0.3) is 0 Å². The van der Waals surface area contributed by atoms with Crippen molar-refractivity contribution >= 4 is 23.2 Å². The number of aliphatic hydroxyl groups excluding tert-OH is 1. The van der Waals surface area contributed by atoms with Crippen molar-refractivity contribution in [1.29, 1.82) is 0 Å². The van der Waals surface area contributed by atoms with Gasteiger partial charge in [0.2, 0.25) is 0 Å². The van der Waals surface area contributed by atoms with Gasteiger partial charge in [0.1, 0.15) is 29.1 Å². The van der Waals surface area contributed by atoms with Crippen LogP contribution in [0.5, 0.6) is 5.75 Å². The minimum atomic E-state index is -1.16. The van der Waals surface area contributed by atoms with Gasteiger partial charge < -0.3 is 9.84 Å². The second-order valence-corrected chi connectivity index (χ2v) is 5.44. The Morgan fingerprint density at radius 3 is 2.45 bits per heavy atom. The van der Waals surface area contributed by atoms with Gasteiger partial charge in [-0.05, 0) is 23.3 Å². The van der Waals surface area contributed by atoms with Gasteiger partial charge >= 0.3 is 0 Å². The molecule has 20 heavy (non-hydrogen) atoms. The van der Waals surface area contributed by atoms with Crippen molar-refractivity contribution in [3.05, 3.63) is 65.5 Å². The molecule has 2 aromatic rings. The molecule has 106 valence electrons. The fourth-order valence-electron chi connectivity index (χ4n) is 1.72. The molecule has 0 radical (unpaired) electrons. The zero-order valence-corrected chi connectivity index (χ0v) is 12.0. The van der Waals surface area contributed by atoms with E-state index in [1.165, 1.54) is 18.2 Å². The summed E-state index contributed by atoms with van der Waals surface area (Å²) in [5, 5.41) is 9.75.